The molecular weight excluding hydrogens is 456 g/mol. The maximum Gasteiger partial charge on any atom is 0.441 e. The molecule has 174 valence electrons. The standard InChI is InChI=1S/C19H14F8N2O3/c1-2-32-16(31)17(19(25,26)27,28-11-8-6-10(7-9-11)18(22,23)24)29-15(30)14-12(20)4-3-5-13(14)21/h3-9,28H,2H2,1H3,(H,29,30)/t17-/m0/s1. The van der Waals surface area contributed by atoms with Gasteiger partial charge in [-0.25, -0.2) is 13.6 Å². The third-order valence-corrected chi connectivity index (χ3v) is 4.04. The fourth-order valence-electron chi connectivity index (χ4n) is 2.54. The average molecular weight is 470 g/mol. The Morgan fingerprint density at radius 3 is 1.88 bits per heavy atom. The lowest BCUT2D eigenvalue weighted by molar-refractivity contribution is -0.204. The minimum atomic E-state index is -5.67. The highest BCUT2D eigenvalue weighted by Crippen LogP contribution is 2.35. The molecule has 0 saturated carbocycles. The molecule has 0 radical (unpaired) electrons. The summed E-state index contributed by atoms with van der Waals surface area (Å²) in [4.78, 5) is 24.6. The Morgan fingerprint density at radius 1 is 0.906 bits per heavy atom. The van der Waals surface area contributed by atoms with Crippen molar-refractivity contribution in [2.24, 2.45) is 0 Å². The number of benzene rings is 2. The van der Waals surface area contributed by atoms with Gasteiger partial charge in [-0.1, -0.05) is 6.07 Å². The molecule has 0 aliphatic heterocycles. The number of hydrogen-bond acceptors (Lipinski definition) is 4. The number of anilines is 1. The zero-order chi connectivity index (χ0) is 24.3. The maximum absolute atomic E-state index is 14.0. The second-order valence-corrected chi connectivity index (χ2v) is 6.22. The third-order valence-electron chi connectivity index (χ3n) is 4.04. The maximum atomic E-state index is 14.0. The zero-order valence-electron chi connectivity index (χ0n) is 16.0. The van der Waals surface area contributed by atoms with Gasteiger partial charge in [0, 0.05) is 5.69 Å². The fraction of sp³-hybridized carbons (Fsp3) is 0.263. The molecule has 0 unspecified atom stereocenters. The van der Waals surface area contributed by atoms with Crippen molar-refractivity contribution in [3.8, 4) is 0 Å². The van der Waals surface area contributed by atoms with Crippen molar-refractivity contribution in [3.63, 3.8) is 0 Å². The van der Waals surface area contributed by atoms with Crippen molar-refractivity contribution in [1.82, 2.24) is 5.32 Å². The number of hydrogen-bond donors (Lipinski definition) is 2. The molecule has 2 aromatic rings. The highest BCUT2D eigenvalue weighted by atomic mass is 19.4. The van der Waals surface area contributed by atoms with Crippen LogP contribution in [0, 0.1) is 11.6 Å². The van der Waals surface area contributed by atoms with E-state index in [1.807, 2.05) is 0 Å². The first-order valence-corrected chi connectivity index (χ1v) is 8.69. The number of nitrogens with one attached hydrogen (secondary N) is 2. The van der Waals surface area contributed by atoms with Crippen LogP contribution in [0.15, 0.2) is 42.5 Å². The molecule has 0 heterocycles. The van der Waals surface area contributed by atoms with Crippen molar-refractivity contribution in [2.75, 3.05) is 11.9 Å². The number of ether oxygens (including phenoxy) is 1. The first kappa shape index (κ1) is 24.9. The Hall–Kier alpha value is -3.38. The van der Waals surface area contributed by atoms with E-state index in [9.17, 15) is 44.7 Å². The zero-order valence-corrected chi connectivity index (χ0v) is 16.0. The number of amides is 1. The van der Waals surface area contributed by atoms with E-state index in [4.69, 9.17) is 0 Å². The molecule has 0 spiro atoms. The Bertz CT molecular complexity index is 969. The predicted molar refractivity (Wildman–Crippen MR) is 94.3 cm³/mol. The molecule has 2 aromatic carbocycles. The fourth-order valence-corrected chi connectivity index (χ4v) is 2.54. The van der Waals surface area contributed by atoms with Crippen molar-refractivity contribution >= 4 is 17.6 Å². The van der Waals surface area contributed by atoms with Crippen molar-refractivity contribution < 1.29 is 49.4 Å². The molecule has 1 atom stereocenters. The van der Waals surface area contributed by atoms with Crippen LogP contribution >= 0.6 is 0 Å². The summed E-state index contributed by atoms with van der Waals surface area (Å²) < 4.78 is 112. The molecule has 0 fully saturated rings. The number of esters is 1. The van der Waals surface area contributed by atoms with E-state index in [1.165, 1.54) is 5.32 Å². The van der Waals surface area contributed by atoms with E-state index in [0.29, 0.717) is 36.4 Å². The first-order chi connectivity index (χ1) is 14.7. The van der Waals surface area contributed by atoms with E-state index in [-0.39, 0.29) is 0 Å². The molecule has 5 nitrogen and oxygen atoms in total. The second-order valence-electron chi connectivity index (χ2n) is 6.22. The van der Waals surface area contributed by atoms with Crippen LogP contribution < -0.4 is 10.6 Å². The van der Waals surface area contributed by atoms with Crippen LogP contribution in [-0.2, 0) is 15.7 Å². The molecule has 2 rings (SSSR count). The quantitative estimate of drug-likeness (QED) is 0.367. The van der Waals surface area contributed by atoms with Crippen LogP contribution in [0.1, 0.15) is 22.8 Å². The topological polar surface area (TPSA) is 67.4 Å². The van der Waals surface area contributed by atoms with Gasteiger partial charge in [-0.05, 0) is 43.3 Å². The summed E-state index contributed by atoms with van der Waals surface area (Å²) in [5.74, 6) is -7.11. The summed E-state index contributed by atoms with van der Waals surface area (Å²) in [5, 5.41) is 2.79. The molecule has 32 heavy (non-hydrogen) atoms. The molecular formula is C19H14F8N2O3. The molecule has 0 aromatic heterocycles. The number of alkyl halides is 6. The summed E-state index contributed by atoms with van der Waals surface area (Å²) in [6, 6.07) is 4.03. The van der Waals surface area contributed by atoms with Crippen molar-refractivity contribution in [1.29, 1.82) is 0 Å². The van der Waals surface area contributed by atoms with Crippen LogP contribution in [0.4, 0.5) is 40.8 Å². The normalized spacial score (nSPS) is 13.8. The van der Waals surface area contributed by atoms with Gasteiger partial charge in [-0.15, -0.1) is 0 Å². The highest BCUT2D eigenvalue weighted by Gasteiger charge is 2.64. The third kappa shape index (κ3) is 5.08. The first-order valence-electron chi connectivity index (χ1n) is 8.69. The SMILES string of the molecule is CCOC(=O)[C@@](NC(=O)c1c(F)cccc1F)(Nc1ccc(C(F)(F)F)cc1)C(F)(F)F. The van der Waals surface area contributed by atoms with Crippen LogP contribution in [0.25, 0.3) is 0 Å². The smallest absolute Gasteiger partial charge is 0.441 e. The Labute approximate surface area is 175 Å². The van der Waals surface area contributed by atoms with E-state index < -0.39 is 64.9 Å². The number of carbonyl (C=O) groups excluding carboxylic acids is 2. The van der Waals surface area contributed by atoms with Crippen LogP contribution in [0.3, 0.4) is 0 Å². The predicted octanol–water partition coefficient (Wildman–Crippen LogP) is 4.65. The molecule has 1 amide bonds. The Kier molecular flexibility index (Phi) is 7.00. The van der Waals surface area contributed by atoms with Gasteiger partial charge in [0.05, 0.1) is 12.2 Å². The lowest BCUT2D eigenvalue weighted by Gasteiger charge is -2.35. The summed E-state index contributed by atoms with van der Waals surface area (Å²) in [6.07, 6.45) is -10.5. The van der Waals surface area contributed by atoms with Gasteiger partial charge in [0.1, 0.15) is 17.2 Å². The number of carbonyl (C=O) groups is 2. The lowest BCUT2D eigenvalue weighted by Crippen LogP contribution is -2.69. The number of halogens is 8. The Morgan fingerprint density at radius 2 is 1.44 bits per heavy atom. The largest absolute Gasteiger partial charge is 0.463 e. The van der Waals surface area contributed by atoms with Gasteiger partial charge in [-0.2, -0.15) is 26.3 Å². The summed E-state index contributed by atoms with van der Waals surface area (Å²) in [7, 11) is 0. The van der Waals surface area contributed by atoms with Gasteiger partial charge in [0.25, 0.3) is 5.91 Å². The Balaban J connectivity index is 2.56. The molecule has 0 bridgehead atoms. The molecule has 0 saturated heterocycles. The minimum absolute atomic E-state index is 0.424. The molecule has 13 heteroatoms. The molecule has 2 N–H and O–H groups in total. The summed E-state index contributed by atoms with van der Waals surface area (Å²) in [5.41, 5.74) is -7.39. The van der Waals surface area contributed by atoms with Gasteiger partial charge >= 0.3 is 24.0 Å². The van der Waals surface area contributed by atoms with Crippen LogP contribution in [0.2, 0.25) is 0 Å². The van der Waals surface area contributed by atoms with E-state index >= 15 is 0 Å². The number of rotatable bonds is 6. The minimum Gasteiger partial charge on any atom is -0.463 e. The molecule has 0 aliphatic rings. The van der Waals surface area contributed by atoms with E-state index in [2.05, 4.69) is 4.74 Å². The van der Waals surface area contributed by atoms with Gasteiger partial charge in [-0.3, -0.25) is 4.79 Å². The summed E-state index contributed by atoms with van der Waals surface area (Å²) in [6.45, 7) is 0.560. The van der Waals surface area contributed by atoms with Crippen LogP contribution in [-0.4, -0.2) is 30.3 Å². The van der Waals surface area contributed by atoms with E-state index in [0.717, 1.165) is 13.0 Å². The van der Waals surface area contributed by atoms with Gasteiger partial charge < -0.3 is 15.4 Å². The van der Waals surface area contributed by atoms with Crippen molar-refractivity contribution in [3.05, 3.63) is 65.2 Å². The van der Waals surface area contributed by atoms with Crippen molar-refractivity contribution in [2.45, 2.75) is 24.9 Å². The molecule has 0 aliphatic carbocycles. The monoisotopic (exact) mass is 470 g/mol. The van der Waals surface area contributed by atoms with Gasteiger partial charge in [0.2, 0.25) is 0 Å². The lowest BCUT2D eigenvalue weighted by atomic mass is 10.1. The second kappa shape index (κ2) is 9.01. The van der Waals surface area contributed by atoms with E-state index in [1.54, 1.807) is 5.32 Å². The highest BCUT2D eigenvalue weighted by molar-refractivity contribution is 5.99. The van der Waals surface area contributed by atoms with Gasteiger partial charge in [0.15, 0.2) is 0 Å². The van der Waals surface area contributed by atoms with Crippen LogP contribution in [0.5, 0.6) is 0 Å². The average Bonchev–Trinajstić information content (AvgIpc) is 2.66. The summed E-state index contributed by atoms with van der Waals surface area (Å²) >= 11 is 0.